The minimum Gasteiger partial charge on any atom is -0.366 e. The molecule has 88 valence electrons. The molecule has 1 N–H and O–H groups in total. The summed E-state index contributed by atoms with van der Waals surface area (Å²) < 4.78 is 0. The molecule has 0 radical (unpaired) electrons. The lowest BCUT2D eigenvalue weighted by Crippen LogP contribution is -2.55. The maximum Gasteiger partial charge on any atom is 0.0399 e. The number of anilines is 1. The van der Waals surface area contributed by atoms with Gasteiger partial charge in [-0.3, -0.25) is 0 Å². The van der Waals surface area contributed by atoms with Crippen molar-refractivity contribution in [3.8, 4) is 0 Å². The lowest BCUT2D eigenvalue weighted by Gasteiger charge is -2.41. The number of hydrogen-bond acceptors (Lipinski definition) is 2. The van der Waals surface area contributed by atoms with Crippen LogP contribution in [0.1, 0.15) is 25.8 Å². The van der Waals surface area contributed by atoms with Crippen LogP contribution in [0.3, 0.4) is 0 Å². The second kappa shape index (κ2) is 4.88. The molecule has 1 aromatic carbocycles. The van der Waals surface area contributed by atoms with Gasteiger partial charge in [-0.05, 0) is 31.9 Å². The van der Waals surface area contributed by atoms with Crippen LogP contribution in [0.4, 0.5) is 5.69 Å². The predicted octanol–water partition coefficient (Wildman–Crippen LogP) is 2.57. The van der Waals surface area contributed by atoms with E-state index in [4.69, 9.17) is 0 Å². The minimum atomic E-state index is 0.587. The lowest BCUT2D eigenvalue weighted by molar-refractivity contribution is 0.397. The topological polar surface area (TPSA) is 15.3 Å². The second-order valence-electron chi connectivity index (χ2n) is 4.80. The summed E-state index contributed by atoms with van der Waals surface area (Å²) in [5.41, 5.74) is 2.78. The molecule has 0 amide bonds. The highest BCUT2D eigenvalue weighted by Crippen LogP contribution is 2.23. The van der Waals surface area contributed by atoms with Crippen LogP contribution in [0.15, 0.2) is 24.3 Å². The van der Waals surface area contributed by atoms with E-state index < -0.39 is 0 Å². The minimum absolute atomic E-state index is 0.587. The predicted molar refractivity (Wildman–Crippen MR) is 70.1 cm³/mol. The number of rotatable bonds is 2. The highest BCUT2D eigenvalue weighted by Gasteiger charge is 2.24. The van der Waals surface area contributed by atoms with Gasteiger partial charge >= 0.3 is 0 Å². The summed E-state index contributed by atoms with van der Waals surface area (Å²) in [4.78, 5) is 2.54. The first-order valence-electron chi connectivity index (χ1n) is 6.28. The molecule has 2 unspecified atom stereocenters. The average Bonchev–Trinajstić information content (AvgIpc) is 2.31. The van der Waals surface area contributed by atoms with Gasteiger partial charge in [-0.25, -0.2) is 0 Å². The first-order valence-corrected chi connectivity index (χ1v) is 6.28. The molecule has 1 heterocycles. The van der Waals surface area contributed by atoms with E-state index in [0.717, 1.165) is 13.1 Å². The molecule has 0 aliphatic carbocycles. The molecular weight excluding hydrogens is 196 g/mol. The standard InChI is InChI=1S/C14H22N2/c1-4-13-10-16(12(3)9-15-13)14-8-6-5-7-11(14)2/h5-8,12-13,15H,4,9-10H2,1-3H3. The third kappa shape index (κ3) is 2.22. The fourth-order valence-electron chi connectivity index (χ4n) is 2.42. The van der Waals surface area contributed by atoms with Crippen LogP contribution in [0, 0.1) is 6.92 Å². The van der Waals surface area contributed by atoms with E-state index in [1.807, 2.05) is 0 Å². The first kappa shape index (κ1) is 11.5. The number of nitrogens with zero attached hydrogens (tertiary/aromatic N) is 1. The van der Waals surface area contributed by atoms with Crippen LogP contribution in [0.5, 0.6) is 0 Å². The third-order valence-electron chi connectivity index (χ3n) is 3.57. The van der Waals surface area contributed by atoms with E-state index in [2.05, 4.69) is 55.3 Å². The number of hydrogen-bond donors (Lipinski definition) is 1. The Morgan fingerprint density at radius 3 is 2.81 bits per heavy atom. The van der Waals surface area contributed by atoms with E-state index in [1.165, 1.54) is 17.7 Å². The highest BCUT2D eigenvalue weighted by atomic mass is 15.2. The summed E-state index contributed by atoms with van der Waals surface area (Å²) in [6, 6.07) is 9.91. The number of nitrogens with one attached hydrogen (secondary N) is 1. The summed E-state index contributed by atoms with van der Waals surface area (Å²) in [7, 11) is 0. The Labute approximate surface area is 98.7 Å². The molecule has 1 fully saturated rings. The molecule has 1 saturated heterocycles. The van der Waals surface area contributed by atoms with Gasteiger partial charge in [0.05, 0.1) is 0 Å². The molecule has 16 heavy (non-hydrogen) atoms. The van der Waals surface area contributed by atoms with Crippen LogP contribution in [0.2, 0.25) is 0 Å². The van der Waals surface area contributed by atoms with Gasteiger partial charge in [0.2, 0.25) is 0 Å². The van der Waals surface area contributed by atoms with Crippen molar-refractivity contribution >= 4 is 5.69 Å². The number of benzene rings is 1. The Bertz CT molecular complexity index is 348. The zero-order chi connectivity index (χ0) is 11.5. The second-order valence-corrected chi connectivity index (χ2v) is 4.80. The summed E-state index contributed by atoms with van der Waals surface area (Å²) in [6.07, 6.45) is 1.20. The third-order valence-corrected chi connectivity index (χ3v) is 3.57. The van der Waals surface area contributed by atoms with Crippen molar-refractivity contribution in [2.24, 2.45) is 0 Å². The summed E-state index contributed by atoms with van der Waals surface area (Å²) in [5.74, 6) is 0. The summed E-state index contributed by atoms with van der Waals surface area (Å²) in [5, 5.41) is 3.60. The normalized spacial score (nSPS) is 25.8. The van der Waals surface area contributed by atoms with Gasteiger partial charge < -0.3 is 10.2 Å². The van der Waals surface area contributed by atoms with Crippen LogP contribution in [-0.2, 0) is 0 Å². The molecule has 0 spiro atoms. The van der Waals surface area contributed by atoms with E-state index in [0.29, 0.717) is 12.1 Å². The molecule has 2 rings (SSSR count). The van der Waals surface area contributed by atoms with Gasteiger partial charge in [-0.1, -0.05) is 25.1 Å². The monoisotopic (exact) mass is 218 g/mol. The fourth-order valence-corrected chi connectivity index (χ4v) is 2.42. The average molecular weight is 218 g/mol. The number of para-hydroxylation sites is 1. The first-order chi connectivity index (χ1) is 7.72. The van der Waals surface area contributed by atoms with Crippen molar-refractivity contribution in [2.45, 2.75) is 39.3 Å². The van der Waals surface area contributed by atoms with Gasteiger partial charge in [0.1, 0.15) is 0 Å². The Balaban J connectivity index is 2.21. The van der Waals surface area contributed by atoms with Crippen LogP contribution in [0.25, 0.3) is 0 Å². The highest BCUT2D eigenvalue weighted by molar-refractivity contribution is 5.54. The van der Waals surface area contributed by atoms with Gasteiger partial charge in [-0.15, -0.1) is 0 Å². The molecule has 1 aliphatic rings. The quantitative estimate of drug-likeness (QED) is 0.820. The maximum absolute atomic E-state index is 3.60. The number of piperazine rings is 1. The molecule has 1 aromatic rings. The Morgan fingerprint density at radius 2 is 2.12 bits per heavy atom. The summed E-state index contributed by atoms with van der Waals surface area (Å²) >= 11 is 0. The van der Waals surface area contributed by atoms with Gasteiger partial charge in [-0.2, -0.15) is 0 Å². The largest absolute Gasteiger partial charge is 0.366 e. The van der Waals surface area contributed by atoms with E-state index in [9.17, 15) is 0 Å². The molecule has 1 aliphatic heterocycles. The fraction of sp³-hybridized carbons (Fsp3) is 0.571. The molecule has 2 heteroatoms. The molecular formula is C14H22N2. The molecule has 0 bridgehead atoms. The van der Waals surface area contributed by atoms with E-state index in [1.54, 1.807) is 0 Å². The molecule has 0 saturated carbocycles. The van der Waals surface area contributed by atoms with Crippen molar-refractivity contribution in [2.75, 3.05) is 18.0 Å². The van der Waals surface area contributed by atoms with Crippen molar-refractivity contribution in [1.82, 2.24) is 5.32 Å². The van der Waals surface area contributed by atoms with E-state index >= 15 is 0 Å². The molecule has 2 nitrogen and oxygen atoms in total. The maximum atomic E-state index is 3.60. The lowest BCUT2D eigenvalue weighted by atomic mass is 10.1. The van der Waals surface area contributed by atoms with Crippen LogP contribution >= 0.6 is 0 Å². The summed E-state index contributed by atoms with van der Waals surface area (Å²) in [6.45, 7) is 8.97. The van der Waals surface area contributed by atoms with E-state index in [-0.39, 0.29) is 0 Å². The SMILES string of the molecule is CCC1CN(c2ccccc2C)C(C)CN1. The zero-order valence-electron chi connectivity index (χ0n) is 10.5. The smallest absolute Gasteiger partial charge is 0.0399 e. The van der Waals surface area contributed by atoms with Gasteiger partial charge in [0, 0.05) is 30.9 Å². The van der Waals surface area contributed by atoms with Crippen molar-refractivity contribution < 1.29 is 0 Å². The number of aryl methyl sites for hydroxylation is 1. The van der Waals surface area contributed by atoms with Gasteiger partial charge in [0.15, 0.2) is 0 Å². The van der Waals surface area contributed by atoms with Crippen LogP contribution < -0.4 is 10.2 Å². The van der Waals surface area contributed by atoms with Crippen molar-refractivity contribution in [1.29, 1.82) is 0 Å². The Kier molecular flexibility index (Phi) is 3.49. The van der Waals surface area contributed by atoms with Crippen LogP contribution in [-0.4, -0.2) is 25.2 Å². The van der Waals surface area contributed by atoms with Gasteiger partial charge in [0.25, 0.3) is 0 Å². The Hall–Kier alpha value is -1.02. The molecule has 0 aromatic heterocycles. The zero-order valence-corrected chi connectivity index (χ0v) is 10.5. The van der Waals surface area contributed by atoms with Crippen molar-refractivity contribution in [3.05, 3.63) is 29.8 Å². The van der Waals surface area contributed by atoms with Crippen molar-refractivity contribution in [3.63, 3.8) is 0 Å². The molecule has 2 atom stereocenters. The Morgan fingerprint density at radius 1 is 1.38 bits per heavy atom.